The first kappa shape index (κ1) is 20.4. The Morgan fingerprint density at radius 2 is 1.97 bits per heavy atom. The summed E-state index contributed by atoms with van der Waals surface area (Å²) in [4.78, 5) is 31.4. The summed E-state index contributed by atoms with van der Waals surface area (Å²) < 4.78 is 9.23. The van der Waals surface area contributed by atoms with E-state index in [0.29, 0.717) is 36.1 Å². The second kappa shape index (κ2) is 8.90. The smallest absolute Gasteiger partial charge is 0.275 e. The number of carbonyl (C=O) groups excluding carboxylic acids is 1. The highest BCUT2D eigenvalue weighted by atomic mass is 16.5. The first-order valence-corrected chi connectivity index (χ1v) is 10.9. The van der Waals surface area contributed by atoms with E-state index in [2.05, 4.69) is 4.98 Å². The predicted octanol–water partition coefficient (Wildman–Crippen LogP) is 3.53. The lowest BCUT2D eigenvalue weighted by molar-refractivity contribution is -0.132. The van der Waals surface area contributed by atoms with E-state index in [4.69, 9.17) is 4.74 Å². The average molecular weight is 411 g/mol. The van der Waals surface area contributed by atoms with Crippen LogP contribution in [0.2, 0.25) is 0 Å². The molecule has 0 saturated heterocycles. The summed E-state index contributed by atoms with van der Waals surface area (Å²) >= 11 is 0. The van der Waals surface area contributed by atoms with E-state index in [9.17, 15) is 9.59 Å². The molecule has 30 heavy (non-hydrogen) atoms. The fourth-order valence-electron chi connectivity index (χ4n) is 4.37. The molecule has 0 unspecified atom stereocenters. The number of aromatic nitrogens is 3. The van der Waals surface area contributed by atoms with Crippen molar-refractivity contribution in [1.82, 2.24) is 18.9 Å². The average Bonchev–Trinajstić information content (AvgIpc) is 3.27. The Hall–Kier alpha value is -2.83. The number of rotatable bonds is 7. The molecule has 0 aliphatic heterocycles. The van der Waals surface area contributed by atoms with Gasteiger partial charge in [0.2, 0.25) is 11.8 Å². The standard InChI is InChI=1S/C23H30N4O3/c1-25(17-9-4-3-5-10-17)21(28)12-6-7-16-30-20-14-13-18-22(24-20)27-15-8-11-19(27)23(29)26(18)2/h8,11,13-15,17H,3-7,9-10,12,16H2,1-2H3. The third kappa shape index (κ3) is 4.06. The van der Waals surface area contributed by atoms with Gasteiger partial charge in [0.1, 0.15) is 5.52 Å². The van der Waals surface area contributed by atoms with Gasteiger partial charge in [0.05, 0.1) is 12.1 Å². The number of carbonyl (C=O) groups is 1. The lowest BCUT2D eigenvalue weighted by Crippen LogP contribution is -2.38. The molecule has 160 valence electrons. The van der Waals surface area contributed by atoms with Crippen molar-refractivity contribution in [3.8, 4) is 5.88 Å². The Labute approximate surface area is 176 Å². The molecule has 0 atom stereocenters. The number of pyridine rings is 1. The van der Waals surface area contributed by atoms with Crippen LogP contribution in [0, 0.1) is 0 Å². The van der Waals surface area contributed by atoms with Crippen molar-refractivity contribution in [3.05, 3.63) is 40.8 Å². The Bertz CT molecular complexity index is 1090. The van der Waals surface area contributed by atoms with Crippen molar-refractivity contribution in [2.24, 2.45) is 7.05 Å². The van der Waals surface area contributed by atoms with Crippen molar-refractivity contribution in [1.29, 1.82) is 0 Å². The molecular formula is C23H30N4O3. The van der Waals surface area contributed by atoms with Gasteiger partial charge in [-0.1, -0.05) is 19.3 Å². The number of fused-ring (bicyclic) bond motifs is 3. The molecule has 4 rings (SSSR count). The molecule has 7 heteroatoms. The Morgan fingerprint density at radius 1 is 1.17 bits per heavy atom. The van der Waals surface area contributed by atoms with E-state index in [1.54, 1.807) is 28.1 Å². The predicted molar refractivity (Wildman–Crippen MR) is 117 cm³/mol. The van der Waals surface area contributed by atoms with Crippen LogP contribution in [0.3, 0.4) is 0 Å². The number of amides is 1. The molecule has 1 fully saturated rings. The van der Waals surface area contributed by atoms with Gasteiger partial charge in [-0.05, 0) is 43.9 Å². The second-order valence-corrected chi connectivity index (χ2v) is 8.22. The molecule has 1 aliphatic rings. The first-order chi connectivity index (χ1) is 14.6. The van der Waals surface area contributed by atoms with Crippen LogP contribution < -0.4 is 10.3 Å². The van der Waals surface area contributed by atoms with E-state index in [0.717, 1.165) is 31.2 Å². The summed E-state index contributed by atoms with van der Waals surface area (Å²) in [6.07, 6.45) is 10.0. The summed E-state index contributed by atoms with van der Waals surface area (Å²) in [5.74, 6) is 0.767. The molecule has 0 aromatic carbocycles. The molecule has 7 nitrogen and oxygen atoms in total. The number of ether oxygens (including phenoxy) is 1. The quantitative estimate of drug-likeness (QED) is 0.559. The Kier molecular flexibility index (Phi) is 6.06. The van der Waals surface area contributed by atoms with Gasteiger partial charge in [-0.3, -0.25) is 14.0 Å². The van der Waals surface area contributed by atoms with Gasteiger partial charge < -0.3 is 14.2 Å². The fourth-order valence-corrected chi connectivity index (χ4v) is 4.37. The summed E-state index contributed by atoms with van der Waals surface area (Å²) in [7, 11) is 3.70. The Balaban J connectivity index is 1.31. The zero-order chi connectivity index (χ0) is 21.1. The van der Waals surface area contributed by atoms with Crippen molar-refractivity contribution < 1.29 is 9.53 Å². The van der Waals surface area contributed by atoms with Crippen LogP contribution >= 0.6 is 0 Å². The van der Waals surface area contributed by atoms with Crippen LogP contribution in [-0.2, 0) is 11.8 Å². The van der Waals surface area contributed by atoms with Crippen molar-refractivity contribution in [2.45, 2.75) is 57.4 Å². The number of hydrogen-bond acceptors (Lipinski definition) is 4. The number of hydrogen-bond donors (Lipinski definition) is 0. The highest BCUT2D eigenvalue weighted by molar-refractivity contribution is 5.76. The summed E-state index contributed by atoms with van der Waals surface area (Å²) in [5, 5.41) is 0. The van der Waals surface area contributed by atoms with Gasteiger partial charge in [0, 0.05) is 38.8 Å². The zero-order valence-electron chi connectivity index (χ0n) is 17.8. The van der Waals surface area contributed by atoms with E-state index < -0.39 is 0 Å². The third-order valence-corrected chi connectivity index (χ3v) is 6.24. The maximum Gasteiger partial charge on any atom is 0.275 e. The van der Waals surface area contributed by atoms with Gasteiger partial charge in [-0.25, -0.2) is 0 Å². The van der Waals surface area contributed by atoms with Gasteiger partial charge >= 0.3 is 0 Å². The minimum atomic E-state index is -0.0502. The normalized spacial score (nSPS) is 15.0. The molecule has 0 N–H and O–H groups in total. The minimum Gasteiger partial charge on any atom is -0.478 e. The molecule has 1 aliphatic carbocycles. The van der Waals surface area contributed by atoms with E-state index in [-0.39, 0.29) is 11.5 Å². The molecule has 0 spiro atoms. The van der Waals surface area contributed by atoms with Crippen LogP contribution in [0.4, 0.5) is 0 Å². The lowest BCUT2D eigenvalue weighted by Gasteiger charge is -2.31. The third-order valence-electron chi connectivity index (χ3n) is 6.24. The van der Waals surface area contributed by atoms with Gasteiger partial charge in [-0.15, -0.1) is 0 Å². The number of unbranched alkanes of at least 4 members (excludes halogenated alkanes) is 1. The number of nitrogens with zero attached hydrogens (tertiary/aromatic N) is 4. The summed E-state index contributed by atoms with van der Waals surface area (Å²) in [5.41, 5.74) is 1.99. The van der Waals surface area contributed by atoms with Crippen LogP contribution in [0.1, 0.15) is 51.4 Å². The largest absolute Gasteiger partial charge is 0.478 e. The molecule has 1 saturated carbocycles. The van der Waals surface area contributed by atoms with Crippen LogP contribution in [0.5, 0.6) is 5.88 Å². The highest BCUT2D eigenvalue weighted by Gasteiger charge is 2.21. The van der Waals surface area contributed by atoms with Crippen molar-refractivity contribution in [3.63, 3.8) is 0 Å². The van der Waals surface area contributed by atoms with Crippen LogP contribution in [-0.4, -0.2) is 44.5 Å². The SMILES string of the molecule is CN(C(=O)CCCCOc1ccc2c(n1)n1cccc1c(=O)n2C)C1CCCCC1. The molecule has 3 heterocycles. The highest BCUT2D eigenvalue weighted by Crippen LogP contribution is 2.22. The molecule has 3 aromatic rings. The topological polar surface area (TPSA) is 68.8 Å². The van der Waals surface area contributed by atoms with Crippen LogP contribution in [0.25, 0.3) is 16.7 Å². The zero-order valence-corrected chi connectivity index (χ0v) is 17.8. The molecule has 1 amide bonds. The molecule has 0 radical (unpaired) electrons. The molecule has 0 bridgehead atoms. The summed E-state index contributed by atoms with van der Waals surface area (Å²) in [6, 6.07) is 7.71. The number of aryl methyl sites for hydroxylation is 1. The lowest BCUT2D eigenvalue weighted by atomic mass is 9.94. The minimum absolute atomic E-state index is 0.0502. The monoisotopic (exact) mass is 410 g/mol. The van der Waals surface area contributed by atoms with Gasteiger partial charge in [0.25, 0.3) is 5.56 Å². The fraction of sp³-hybridized carbons (Fsp3) is 0.522. The molecular weight excluding hydrogens is 380 g/mol. The molecule has 3 aromatic heterocycles. The maximum atomic E-state index is 12.4. The first-order valence-electron chi connectivity index (χ1n) is 10.9. The van der Waals surface area contributed by atoms with Crippen molar-refractivity contribution in [2.75, 3.05) is 13.7 Å². The summed E-state index contributed by atoms with van der Waals surface area (Å²) in [6.45, 7) is 0.513. The van der Waals surface area contributed by atoms with E-state index in [1.807, 2.05) is 30.3 Å². The van der Waals surface area contributed by atoms with E-state index >= 15 is 0 Å². The Morgan fingerprint density at radius 3 is 2.77 bits per heavy atom. The van der Waals surface area contributed by atoms with Gasteiger partial charge in [0.15, 0.2) is 5.65 Å². The van der Waals surface area contributed by atoms with Crippen LogP contribution in [0.15, 0.2) is 35.3 Å². The second-order valence-electron chi connectivity index (χ2n) is 8.22. The maximum absolute atomic E-state index is 12.4. The van der Waals surface area contributed by atoms with E-state index in [1.165, 1.54) is 19.3 Å². The van der Waals surface area contributed by atoms with Crippen molar-refractivity contribution >= 4 is 22.6 Å². The van der Waals surface area contributed by atoms with Gasteiger partial charge in [-0.2, -0.15) is 4.98 Å².